The fourth-order valence-corrected chi connectivity index (χ4v) is 4.72. The van der Waals surface area contributed by atoms with Crippen molar-refractivity contribution in [2.75, 3.05) is 58.5 Å². The summed E-state index contributed by atoms with van der Waals surface area (Å²) in [5.41, 5.74) is 0.577. The van der Waals surface area contributed by atoms with Crippen LogP contribution in [0.5, 0.6) is 11.5 Å². The molecular weight excluding hydrogens is 452 g/mol. The second-order valence-corrected chi connectivity index (χ2v) is 8.28. The molecule has 1 aliphatic heterocycles. The van der Waals surface area contributed by atoms with Gasteiger partial charge < -0.3 is 18.6 Å². The number of carbonyl (C=O) groups excluding carboxylic acids is 1. The highest BCUT2D eigenvalue weighted by atomic mass is 32.1. The zero-order valence-corrected chi connectivity index (χ0v) is 19.1. The number of rotatable bonds is 9. The Kier molecular flexibility index (Phi) is 7.06. The molecule has 1 saturated heterocycles. The van der Waals surface area contributed by atoms with Gasteiger partial charge in [-0.2, -0.15) is 0 Å². The summed E-state index contributed by atoms with van der Waals surface area (Å²) in [6.07, 6.45) is 0.679. The van der Waals surface area contributed by atoms with Crippen molar-refractivity contribution < 1.29 is 28.3 Å². The summed E-state index contributed by atoms with van der Waals surface area (Å²) in [6.45, 7) is 4.20. The van der Waals surface area contributed by atoms with E-state index in [-0.39, 0.29) is 5.76 Å². The van der Waals surface area contributed by atoms with Crippen LogP contribution in [0.4, 0.5) is 11.0 Å². The molecule has 0 spiro atoms. The lowest BCUT2D eigenvalue weighted by Gasteiger charge is -2.27. The van der Waals surface area contributed by atoms with Crippen molar-refractivity contribution in [3.8, 4) is 11.5 Å². The number of aromatic nitrogens is 1. The molecule has 0 N–H and O–H groups in total. The number of benzene rings is 1. The van der Waals surface area contributed by atoms with Gasteiger partial charge in [-0.3, -0.25) is 24.7 Å². The second-order valence-electron chi connectivity index (χ2n) is 7.30. The van der Waals surface area contributed by atoms with Crippen molar-refractivity contribution >= 4 is 38.5 Å². The molecule has 2 aromatic heterocycles. The van der Waals surface area contributed by atoms with E-state index in [9.17, 15) is 14.9 Å². The number of morpholine rings is 1. The fraction of sp³-hybridized carbons (Fsp3) is 0.429. The van der Waals surface area contributed by atoms with Gasteiger partial charge in [-0.15, -0.1) is 0 Å². The largest absolute Gasteiger partial charge is 0.495 e. The molecule has 3 aromatic rings. The number of hydrogen-bond acceptors (Lipinski definition) is 10. The maximum absolute atomic E-state index is 13.3. The number of hydrogen-bond donors (Lipinski definition) is 0. The molecule has 4 rings (SSSR count). The third-order valence-electron chi connectivity index (χ3n) is 5.32. The average Bonchev–Trinajstić information content (AvgIpc) is 3.49. The van der Waals surface area contributed by atoms with Gasteiger partial charge in [-0.25, -0.2) is 4.98 Å². The third kappa shape index (κ3) is 4.92. The van der Waals surface area contributed by atoms with Crippen LogP contribution in [0.3, 0.4) is 0 Å². The van der Waals surface area contributed by atoms with Crippen LogP contribution in [-0.4, -0.2) is 74.3 Å². The first-order valence-electron chi connectivity index (χ1n) is 10.4. The van der Waals surface area contributed by atoms with E-state index in [4.69, 9.17) is 18.6 Å². The lowest BCUT2D eigenvalue weighted by Crippen LogP contribution is -2.39. The molecule has 1 aliphatic rings. The fourth-order valence-electron chi connectivity index (χ4n) is 3.62. The van der Waals surface area contributed by atoms with Gasteiger partial charge in [0.25, 0.3) is 5.91 Å². The van der Waals surface area contributed by atoms with Gasteiger partial charge >= 0.3 is 5.88 Å². The van der Waals surface area contributed by atoms with Crippen LogP contribution in [0.25, 0.3) is 10.2 Å². The van der Waals surface area contributed by atoms with Crippen molar-refractivity contribution in [3.63, 3.8) is 0 Å². The van der Waals surface area contributed by atoms with E-state index in [0.717, 1.165) is 24.3 Å². The zero-order valence-electron chi connectivity index (χ0n) is 18.3. The molecule has 0 saturated carbocycles. The van der Waals surface area contributed by atoms with E-state index in [1.807, 2.05) is 0 Å². The minimum Gasteiger partial charge on any atom is -0.495 e. The Balaban J connectivity index is 1.65. The molecular formula is C21H24N4O7S. The number of carbonyl (C=O) groups is 1. The standard InChI is InChI=1S/C21H24N4O7S/c1-29-14-4-5-15(30-2)19-18(14)22-21(33-19)24(9-3-8-23-10-12-31-13-11-23)20(26)16-6-7-17(32-16)25(27)28/h4-7H,3,8-13H2,1-2H3. The summed E-state index contributed by atoms with van der Waals surface area (Å²) in [7, 11) is 3.11. The number of fused-ring (bicyclic) bond motifs is 1. The molecule has 0 bridgehead atoms. The number of ether oxygens (including phenoxy) is 3. The lowest BCUT2D eigenvalue weighted by atomic mass is 10.3. The Morgan fingerprint density at radius 1 is 1.21 bits per heavy atom. The highest BCUT2D eigenvalue weighted by molar-refractivity contribution is 7.22. The molecule has 1 fully saturated rings. The quantitative estimate of drug-likeness (QED) is 0.339. The number of amides is 1. The van der Waals surface area contributed by atoms with E-state index in [2.05, 4.69) is 9.88 Å². The molecule has 0 unspecified atom stereocenters. The maximum atomic E-state index is 13.3. The van der Waals surface area contributed by atoms with E-state index in [1.54, 1.807) is 26.4 Å². The summed E-state index contributed by atoms with van der Waals surface area (Å²) in [6, 6.07) is 6.02. The van der Waals surface area contributed by atoms with Gasteiger partial charge in [0.2, 0.25) is 0 Å². The van der Waals surface area contributed by atoms with Gasteiger partial charge in [-0.1, -0.05) is 11.3 Å². The smallest absolute Gasteiger partial charge is 0.433 e. The minimum atomic E-state index is -0.674. The number of anilines is 1. The summed E-state index contributed by atoms with van der Waals surface area (Å²) < 4.78 is 22.2. The van der Waals surface area contributed by atoms with Crippen LogP contribution >= 0.6 is 11.3 Å². The van der Waals surface area contributed by atoms with E-state index in [0.29, 0.717) is 48.3 Å². The Morgan fingerprint density at radius 2 is 1.94 bits per heavy atom. The van der Waals surface area contributed by atoms with Crippen LogP contribution in [0.2, 0.25) is 0 Å². The van der Waals surface area contributed by atoms with Crippen molar-refractivity contribution in [2.24, 2.45) is 0 Å². The van der Waals surface area contributed by atoms with Gasteiger partial charge in [0, 0.05) is 26.2 Å². The normalized spacial score (nSPS) is 14.4. The highest BCUT2D eigenvalue weighted by Crippen LogP contribution is 2.40. The van der Waals surface area contributed by atoms with Crippen LogP contribution < -0.4 is 14.4 Å². The molecule has 0 radical (unpaired) electrons. The molecule has 176 valence electrons. The Morgan fingerprint density at radius 3 is 2.61 bits per heavy atom. The van der Waals surface area contributed by atoms with Crippen molar-refractivity contribution in [1.82, 2.24) is 9.88 Å². The van der Waals surface area contributed by atoms with Crippen molar-refractivity contribution in [3.05, 3.63) is 40.1 Å². The molecule has 33 heavy (non-hydrogen) atoms. The second kappa shape index (κ2) is 10.1. The van der Waals surface area contributed by atoms with Gasteiger partial charge in [0.05, 0.1) is 33.5 Å². The molecule has 1 amide bonds. The summed E-state index contributed by atoms with van der Waals surface area (Å²) >= 11 is 1.29. The predicted molar refractivity (Wildman–Crippen MR) is 122 cm³/mol. The number of methoxy groups -OCH3 is 2. The van der Waals surface area contributed by atoms with E-state index in [1.165, 1.54) is 28.4 Å². The zero-order chi connectivity index (χ0) is 23.4. The Bertz CT molecular complexity index is 1100. The van der Waals surface area contributed by atoms with Crippen LogP contribution in [0.15, 0.2) is 28.7 Å². The predicted octanol–water partition coefficient (Wildman–Crippen LogP) is 3.18. The number of thiazole rings is 1. The Hall–Kier alpha value is -3.22. The van der Waals surface area contributed by atoms with Gasteiger partial charge in [0.15, 0.2) is 10.9 Å². The minimum absolute atomic E-state index is 0.119. The van der Waals surface area contributed by atoms with Crippen molar-refractivity contribution in [1.29, 1.82) is 0 Å². The summed E-state index contributed by atoms with van der Waals surface area (Å²) in [4.78, 5) is 32.1. The van der Waals surface area contributed by atoms with E-state index < -0.39 is 16.7 Å². The maximum Gasteiger partial charge on any atom is 0.433 e. The first kappa shape index (κ1) is 23.0. The van der Waals surface area contributed by atoms with Crippen LogP contribution in [-0.2, 0) is 4.74 Å². The number of nitrogens with zero attached hydrogens (tertiary/aromatic N) is 4. The topological polar surface area (TPSA) is 120 Å². The number of furan rings is 1. The molecule has 0 aliphatic carbocycles. The Labute approximate surface area is 193 Å². The molecule has 3 heterocycles. The third-order valence-corrected chi connectivity index (χ3v) is 6.41. The monoisotopic (exact) mass is 476 g/mol. The van der Waals surface area contributed by atoms with Gasteiger partial charge in [0.1, 0.15) is 26.6 Å². The molecule has 12 heteroatoms. The summed E-state index contributed by atoms with van der Waals surface area (Å²) in [5.74, 6) is 0.0686. The first-order chi connectivity index (χ1) is 16.0. The van der Waals surface area contributed by atoms with Crippen LogP contribution in [0.1, 0.15) is 17.0 Å². The van der Waals surface area contributed by atoms with Crippen LogP contribution in [0, 0.1) is 10.1 Å². The highest BCUT2D eigenvalue weighted by Gasteiger charge is 2.27. The molecule has 1 aromatic carbocycles. The summed E-state index contributed by atoms with van der Waals surface area (Å²) in [5, 5.41) is 11.4. The SMILES string of the molecule is COc1ccc(OC)c2sc(N(CCCN3CCOCC3)C(=O)c3ccc([N+](=O)[O-])o3)nc12. The van der Waals surface area contributed by atoms with Crippen molar-refractivity contribution in [2.45, 2.75) is 6.42 Å². The molecule has 11 nitrogen and oxygen atoms in total. The average molecular weight is 477 g/mol. The number of nitro groups is 1. The molecule has 0 atom stereocenters. The first-order valence-corrected chi connectivity index (χ1v) is 11.2. The van der Waals surface area contributed by atoms with E-state index >= 15 is 0 Å². The van der Waals surface area contributed by atoms with Gasteiger partial charge in [-0.05, 0) is 24.6 Å². The lowest BCUT2D eigenvalue weighted by molar-refractivity contribution is -0.402.